The molecule has 0 N–H and O–H groups in total. The Balaban J connectivity index is -0.0000000450. The molecule has 0 bridgehead atoms. The molecule has 0 atom stereocenters. The third-order valence-electron chi connectivity index (χ3n) is 0. The number of carbonyl (C=O) groups excluding carboxylic acids is 1. The molecule has 0 heterocycles. The zero-order valence-corrected chi connectivity index (χ0v) is 5.77. The SMILES string of the molecule is O=C([O-])[O-].[Ce+4].[O-2]. The first-order chi connectivity index (χ1) is 1.73. The second-order valence-corrected chi connectivity index (χ2v) is 0.250. The Kier molecular flexibility index (Phi) is 24.3. The first kappa shape index (κ1) is 16.0. The molecule has 4 nitrogen and oxygen atoms in total. The van der Waals surface area contributed by atoms with Crippen LogP contribution in [0.4, 0.5) is 4.79 Å². The first-order valence-corrected chi connectivity index (χ1v) is 0.612. The Bertz CT molecular complexity index is 30.5. The molecule has 0 unspecified atom stereocenters. The van der Waals surface area contributed by atoms with Crippen molar-refractivity contribution in [3.63, 3.8) is 0 Å². The van der Waals surface area contributed by atoms with E-state index in [4.69, 9.17) is 15.0 Å². The monoisotopic (exact) mass is 216 g/mol. The van der Waals surface area contributed by atoms with Crippen molar-refractivity contribution in [2.24, 2.45) is 0 Å². The molecule has 0 aromatic heterocycles. The number of carbonyl (C=O) groups is 1. The van der Waals surface area contributed by atoms with Crippen molar-refractivity contribution in [2.75, 3.05) is 0 Å². The Labute approximate surface area is 67.9 Å². The van der Waals surface area contributed by atoms with Crippen LogP contribution in [0.5, 0.6) is 0 Å². The van der Waals surface area contributed by atoms with Crippen LogP contribution in [0.1, 0.15) is 0 Å². The summed E-state index contributed by atoms with van der Waals surface area (Å²) in [5.41, 5.74) is 0. The molecule has 0 amide bonds. The molecule has 0 aromatic rings. The number of rotatable bonds is 0. The first-order valence-electron chi connectivity index (χ1n) is 0.612. The number of carboxylic acid groups (broad SMARTS) is 2. The summed E-state index contributed by atoms with van der Waals surface area (Å²) in [6.07, 6.45) is -2.33. The van der Waals surface area contributed by atoms with Crippen molar-refractivity contribution in [1.29, 1.82) is 0 Å². The van der Waals surface area contributed by atoms with Crippen molar-refractivity contribution in [1.82, 2.24) is 0 Å². The Morgan fingerprint density at radius 1 is 1.33 bits per heavy atom. The average molecular weight is 216 g/mol. The van der Waals surface area contributed by atoms with Crippen LogP contribution in [0.25, 0.3) is 0 Å². The number of hydrogen-bond acceptors (Lipinski definition) is 3. The van der Waals surface area contributed by atoms with Crippen molar-refractivity contribution in [3.8, 4) is 0 Å². The van der Waals surface area contributed by atoms with E-state index < -0.39 is 6.16 Å². The fraction of sp³-hybridized carbons (Fsp3) is 0. The van der Waals surface area contributed by atoms with E-state index in [1.54, 1.807) is 0 Å². The van der Waals surface area contributed by atoms with Gasteiger partial charge in [0.1, 0.15) is 0 Å². The Morgan fingerprint density at radius 3 is 1.33 bits per heavy atom. The molecule has 0 aliphatic carbocycles. The third kappa shape index (κ3) is 163. The molecule has 0 aliphatic heterocycles. The fourth-order valence-electron chi connectivity index (χ4n) is 0. The molecular formula is CCeO4. The van der Waals surface area contributed by atoms with Crippen LogP contribution in [0.2, 0.25) is 0 Å². The molecule has 0 saturated heterocycles. The van der Waals surface area contributed by atoms with E-state index >= 15 is 0 Å². The van der Waals surface area contributed by atoms with Crippen LogP contribution >= 0.6 is 0 Å². The van der Waals surface area contributed by atoms with Gasteiger partial charge in [0.05, 0.1) is 0 Å². The quantitative estimate of drug-likeness (QED) is 0.445. The molecule has 0 fully saturated rings. The van der Waals surface area contributed by atoms with E-state index in [2.05, 4.69) is 0 Å². The van der Waals surface area contributed by atoms with Crippen molar-refractivity contribution in [2.45, 2.75) is 0 Å². The second-order valence-electron chi connectivity index (χ2n) is 0.250. The predicted molar refractivity (Wildman–Crippen MR) is 6.08 cm³/mol. The van der Waals surface area contributed by atoms with Crippen molar-refractivity contribution >= 4 is 6.16 Å². The van der Waals surface area contributed by atoms with Gasteiger partial charge in [0.25, 0.3) is 0 Å². The van der Waals surface area contributed by atoms with Gasteiger partial charge in [0, 0.05) is 0 Å². The van der Waals surface area contributed by atoms with Gasteiger partial charge >= 0.3 is 41.7 Å². The van der Waals surface area contributed by atoms with Crippen molar-refractivity contribution in [3.05, 3.63) is 0 Å². The zero-order chi connectivity index (χ0) is 3.58. The summed E-state index contributed by atoms with van der Waals surface area (Å²) in [4.78, 5) is 8.33. The molecule has 0 aromatic carbocycles. The smallest absolute Gasteiger partial charge is 2.00 e. The molecule has 0 spiro atoms. The molecule has 0 aliphatic rings. The van der Waals surface area contributed by atoms with Gasteiger partial charge in [-0.15, -0.1) is 0 Å². The summed E-state index contributed by atoms with van der Waals surface area (Å²) in [5.74, 6) is 0. The average Bonchev–Trinajstić information content (AvgIpc) is 0.811. The molecule has 0 rings (SSSR count). The van der Waals surface area contributed by atoms with E-state index in [9.17, 15) is 0 Å². The maximum atomic E-state index is 8.33. The second kappa shape index (κ2) is 9.15. The summed E-state index contributed by atoms with van der Waals surface area (Å²) in [6, 6.07) is 0. The minimum absolute atomic E-state index is 0. The van der Waals surface area contributed by atoms with Gasteiger partial charge in [-0.25, -0.2) is 0 Å². The van der Waals surface area contributed by atoms with Crippen molar-refractivity contribution < 1.29 is 62.2 Å². The topological polar surface area (TPSA) is 91.7 Å². The summed E-state index contributed by atoms with van der Waals surface area (Å²) < 4.78 is 0. The maximum Gasteiger partial charge on any atom is 4.00 e. The van der Waals surface area contributed by atoms with Crippen LogP contribution in [0.3, 0.4) is 0 Å². The minimum Gasteiger partial charge on any atom is -2.00 e. The molecule has 5 heteroatoms. The van der Waals surface area contributed by atoms with E-state index in [0.29, 0.717) is 0 Å². The summed E-state index contributed by atoms with van der Waals surface area (Å²) in [6.45, 7) is 0. The van der Waals surface area contributed by atoms with Gasteiger partial charge in [-0.1, -0.05) is 0 Å². The maximum absolute atomic E-state index is 8.33. The molecule has 0 saturated carbocycles. The van der Waals surface area contributed by atoms with Crippen LogP contribution in [-0.4, -0.2) is 6.16 Å². The fourth-order valence-corrected chi connectivity index (χ4v) is 0. The normalized spacial score (nSPS) is 4.00. The van der Waals surface area contributed by atoms with Gasteiger partial charge in [0.2, 0.25) is 0 Å². The van der Waals surface area contributed by atoms with Crippen LogP contribution < -0.4 is 10.2 Å². The Morgan fingerprint density at radius 2 is 1.33 bits per heavy atom. The van der Waals surface area contributed by atoms with E-state index in [1.807, 2.05) is 0 Å². The van der Waals surface area contributed by atoms with E-state index in [0.717, 1.165) is 0 Å². The zero-order valence-electron chi connectivity index (χ0n) is 2.63. The van der Waals surface area contributed by atoms with Gasteiger partial charge in [0.15, 0.2) is 0 Å². The number of hydrogen-bond donors (Lipinski definition) is 0. The molecular weight excluding hydrogens is 216 g/mol. The largest absolute Gasteiger partial charge is 4.00 e. The predicted octanol–water partition coefficient (Wildman–Crippen LogP) is -2.57. The summed E-state index contributed by atoms with van der Waals surface area (Å²) in [7, 11) is 0. The molecule has 32 valence electrons. The van der Waals surface area contributed by atoms with Gasteiger partial charge in [-0.05, 0) is 6.16 Å². The van der Waals surface area contributed by atoms with E-state index in [-0.39, 0.29) is 47.2 Å². The summed E-state index contributed by atoms with van der Waals surface area (Å²) in [5, 5.41) is 16.7. The van der Waals surface area contributed by atoms with Crippen LogP contribution in [-0.2, 0) is 5.48 Å². The van der Waals surface area contributed by atoms with Crippen LogP contribution in [0.15, 0.2) is 0 Å². The molecule has 0 radical (unpaired) electrons. The summed E-state index contributed by atoms with van der Waals surface area (Å²) >= 11 is 0. The third-order valence-corrected chi connectivity index (χ3v) is 0. The standard InChI is InChI=1S/CH2O3.Ce.O/c2-1(3)4;;/h(H2,2,3,4);;/q;+4;-2/p-2. The molecule has 6 heavy (non-hydrogen) atoms. The van der Waals surface area contributed by atoms with Gasteiger partial charge < -0.3 is 20.5 Å². The minimum atomic E-state index is -2.33. The van der Waals surface area contributed by atoms with Gasteiger partial charge in [-0.3, -0.25) is 0 Å². The van der Waals surface area contributed by atoms with E-state index in [1.165, 1.54) is 0 Å². The Hall–Kier alpha value is 0.607. The van der Waals surface area contributed by atoms with Gasteiger partial charge in [-0.2, -0.15) is 0 Å². The van der Waals surface area contributed by atoms with Crippen LogP contribution in [0, 0.1) is 41.7 Å².